The summed E-state index contributed by atoms with van der Waals surface area (Å²) in [5.74, 6) is 0.844. The molecule has 2 N–H and O–H groups in total. The van der Waals surface area contributed by atoms with Gasteiger partial charge in [-0.3, -0.25) is 4.79 Å². The first-order valence-electron chi connectivity index (χ1n) is 5.36. The monoisotopic (exact) mass is 265 g/mol. The van der Waals surface area contributed by atoms with Crippen LogP contribution in [-0.2, 0) is 5.88 Å². The minimum Gasteiger partial charge on any atom is -0.508 e. The van der Waals surface area contributed by atoms with Crippen molar-refractivity contribution in [3.05, 3.63) is 47.4 Å². The van der Waals surface area contributed by atoms with Crippen LogP contribution in [0.4, 0.5) is 5.69 Å². The molecule has 0 radical (unpaired) electrons. The van der Waals surface area contributed by atoms with Crippen LogP contribution in [0.2, 0.25) is 0 Å². The molecule has 1 amide bonds. The highest BCUT2D eigenvalue weighted by molar-refractivity contribution is 6.17. The van der Waals surface area contributed by atoms with Gasteiger partial charge in [-0.05, 0) is 25.1 Å². The predicted octanol–water partition coefficient (Wildman–Crippen LogP) is 3.28. The van der Waals surface area contributed by atoms with Gasteiger partial charge in [-0.1, -0.05) is 6.07 Å². The first-order valence-corrected chi connectivity index (χ1v) is 5.89. The maximum absolute atomic E-state index is 11.9. The van der Waals surface area contributed by atoms with Crippen LogP contribution in [0.1, 0.15) is 21.9 Å². The van der Waals surface area contributed by atoms with Gasteiger partial charge in [-0.25, -0.2) is 0 Å². The summed E-state index contributed by atoms with van der Waals surface area (Å²) >= 11 is 5.71. The second kappa shape index (κ2) is 5.14. The molecule has 4 nitrogen and oxygen atoms in total. The van der Waals surface area contributed by atoms with Crippen molar-refractivity contribution in [2.75, 3.05) is 5.32 Å². The summed E-state index contributed by atoms with van der Waals surface area (Å²) in [5, 5.41) is 11.9. The van der Waals surface area contributed by atoms with Crippen molar-refractivity contribution in [3.63, 3.8) is 0 Å². The Bertz CT molecular complexity index is 577. The number of phenols is 1. The third-order valence-electron chi connectivity index (χ3n) is 2.49. The molecule has 0 unspecified atom stereocenters. The van der Waals surface area contributed by atoms with Crippen molar-refractivity contribution in [3.8, 4) is 5.75 Å². The molecule has 5 heteroatoms. The van der Waals surface area contributed by atoms with Crippen LogP contribution in [0, 0.1) is 6.92 Å². The van der Waals surface area contributed by atoms with Gasteiger partial charge in [0.05, 0.1) is 5.88 Å². The minimum absolute atomic E-state index is 0.0878. The fourth-order valence-electron chi connectivity index (χ4n) is 1.54. The summed E-state index contributed by atoms with van der Waals surface area (Å²) < 4.78 is 5.31. The predicted molar refractivity (Wildman–Crippen MR) is 69.1 cm³/mol. The molecule has 2 rings (SSSR count). The number of halogens is 1. The summed E-state index contributed by atoms with van der Waals surface area (Å²) in [6.45, 7) is 1.75. The van der Waals surface area contributed by atoms with Crippen LogP contribution in [-0.4, -0.2) is 11.0 Å². The molecule has 1 heterocycles. The largest absolute Gasteiger partial charge is 0.508 e. The number of amides is 1. The fourth-order valence-corrected chi connectivity index (χ4v) is 1.81. The van der Waals surface area contributed by atoms with Gasteiger partial charge in [0.25, 0.3) is 5.91 Å². The van der Waals surface area contributed by atoms with Gasteiger partial charge >= 0.3 is 0 Å². The van der Waals surface area contributed by atoms with Gasteiger partial charge < -0.3 is 14.8 Å². The number of carbonyl (C=O) groups is 1. The maximum Gasteiger partial charge on any atom is 0.291 e. The number of nitrogens with one attached hydrogen (secondary N) is 1. The number of rotatable bonds is 3. The second-order valence-corrected chi connectivity index (χ2v) is 4.10. The van der Waals surface area contributed by atoms with E-state index in [4.69, 9.17) is 16.0 Å². The number of anilines is 1. The van der Waals surface area contributed by atoms with Gasteiger partial charge in [0, 0.05) is 17.3 Å². The Hall–Kier alpha value is -1.94. The molecule has 2 aromatic rings. The number of hydrogen-bond acceptors (Lipinski definition) is 3. The number of benzene rings is 1. The first-order chi connectivity index (χ1) is 8.60. The van der Waals surface area contributed by atoms with Crippen LogP contribution in [0.15, 0.2) is 34.7 Å². The Morgan fingerprint density at radius 1 is 1.44 bits per heavy atom. The van der Waals surface area contributed by atoms with E-state index in [0.29, 0.717) is 17.3 Å². The standard InChI is InChI=1S/C13H12ClNO3/c1-8-9(7-14)5-12(18-8)13(17)15-10-3-2-4-11(16)6-10/h2-6,16H,7H2,1H3,(H,15,17). The van der Waals surface area contributed by atoms with E-state index < -0.39 is 0 Å². The van der Waals surface area contributed by atoms with E-state index in [1.165, 1.54) is 12.1 Å². The zero-order valence-corrected chi connectivity index (χ0v) is 10.5. The molecule has 0 atom stereocenters. The third-order valence-corrected chi connectivity index (χ3v) is 2.78. The van der Waals surface area contributed by atoms with Crippen molar-refractivity contribution < 1.29 is 14.3 Å². The Labute approximate surface area is 109 Å². The summed E-state index contributed by atoms with van der Waals surface area (Å²) in [6.07, 6.45) is 0. The molecule has 1 aromatic heterocycles. The molecule has 18 heavy (non-hydrogen) atoms. The van der Waals surface area contributed by atoms with E-state index in [1.54, 1.807) is 25.1 Å². The summed E-state index contributed by atoms with van der Waals surface area (Å²) in [4.78, 5) is 11.9. The normalized spacial score (nSPS) is 10.3. The van der Waals surface area contributed by atoms with E-state index in [1.807, 2.05) is 0 Å². The SMILES string of the molecule is Cc1oc(C(=O)Nc2cccc(O)c2)cc1CCl. The molecule has 0 aliphatic rings. The lowest BCUT2D eigenvalue weighted by atomic mass is 10.2. The van der Waals surface area contributed by atoms with Crippen LogP contribution in [0.3, 0.4) is 0 Å². The lowest BCUT2D eigenvalue weighted by Crippen LogP contribution is -2.10. The van der Waals surface area contributed by atoms with Crippen molar-refractivity contribution in [2.45, 2.75) is 12.8 Å². The van der Waals surface area contributed by atoms with E-state index in [9.17, 15) is 9.90 Å². The van der Waals surface area contributed by atoms with Gasteiger partial charge in [0.2, 0.25) is 0 Å². The molecule has 0 saturated heterocycles. The van der Waals surface area contributed by atoms with Gasteiger partial charge in [-0.15, -0.1) is 11.6 Å². The quantitative estimate of drug-likeness (QED) is 0.837. The maximum atomic E-state index is 11.9. The average Bonchev–Trinajstić information content (AvgIpc) is 2.70. The Morgan fingerprint density at radius 3 is 2.83 bits per heavy atom. The number of alkyl halides is 1. The van der Waals surface area contributed by atoms with E-state index >= 15 is 0 Å². The second-order valence-electron chi connectivity index (χ2n) is 3.83. The number of aryl methyl sites for hydroxylation is 1. The van der Waals surface area contributed by atoms with Crippen molar-refractivity contribution in [1.82, 2.24) is 0 Å². The Morgan fingerprint density at radius 2 is 2.22 bits per heavy atom. The van der Waals surface area contributed by atoms with E-state index in [0.717, 1.165) is 5.56 Å². The molecule has 0 aliphatic carbocycles. The highest BCUT2D eigenvalue weighted by Gasteiger charge is 2.14. The van der Waals surface area contributed by atoms with E-state index in [2.05, 4.69) is 5.32 Å². The van der Waals surface area contributed by atoms with Gasteiger partial charge in [0.1, 0.15) is 11.5 Å². The summed E-state index contributed by atoms with van der Waals surface area (Å²) in [5.41, 5.74) is 1.29. The zero-order valence-electron chi connectivity index (χ0n) is 9.74. The molecule has 1 aromatic carbocycles. The molecular formula is C13H12ClNO3. The fraction of sp³-hybridized carbons (Fsp3) is 0.154. The van der Waals surface area contributed by atoms with Crippen LogP contribution in [0.25, 0.3) is 0 Å². The first kappa shape index (κ1) is 12.5. The lowest BCUT2D eigenvalue weighted by molar-refractivity contribution is 0.0995. The Kier molecular flexibility index (Phi) is 3.58. The molecular weight excluding hydrogens is 254 g/mol. The molecule has 0 aliphatic heterocycles. The van der Waals surface area contributed by atoms with Crippen LogP contribution in [0.5, 0.6) is 5.75 Å². The lowest BCUT2D eigenvalue weighted by Gasteiger charge is -2.02. The number of hydrogen-bond donors (Lipinski definition) is 2. The van der Waals surface area contributed by atoms with Crippen molar-refractivity contribution >= 4 is 23.2 Å². The summed E-state index contributed by atoms with van der Waals surface area (Å²) in [6, 6.07) is 7.91. The third kappa shape index (κ3) is 2.65. The van der Waals surface area contributed by atoms with Gasteiger partial charge in [0.15, 0.2) is 5.76 Å². The van der Waals surface area contributed by atoms with Crippen molar-refractivity contribution in [2.24, 2.45) is 0 Å². The summed E-state index contributed by atoms with van der Waals surface area (Å²) in [7, 11) is 0. The zero-order chi connectivity index (χ0) is 13.1. The molecule has 0 fully saturated rings. The average molecular weight is 266 g/mol. The number of aromatic hydroxyl groups is 1. The minimum atomic E-state index is -0.375. The molecule has 0 spiro atoms. The number of furan rings is 1. The van der Waals surface area contributed by atoms with Crippen molar-refractivity contribution in [1.29, 1.82) is 0 Å². The topological polar surface area (TPSA) is 62.5 Å². The highest BCUT2D eigenvalue weighted by Crippen LogP contribution is 2.19. The van der Waals surface area contributed by atoms with Crippen LogP contribution < -0.4 is 5.32 Å². The molecule has 0 bridgehead atoms. The number of phenolic OH excluding ortho intramolecular Hbond substituents is 1. The molecule has 0 saturated carbocycles. The van der Waals surface area contributed by atoms with Gasteiger partial charge in [-0.2, -0.15) is 0 Å². The smallest absolute Gasteiger partial charge is 0.291 e. The van der Waals surface area contributed by atoms with Crippen LogP contribution >= 0.6 is 11.6 Å². The van der Waals surface area contributed by atoms with E-state index in [-0.39, 0.29) is 17.4 Å². The molecule has 94 valence electrons. The number of carbonyl (C=O) groups excluding carboxylic acids is 1. The highest BCUT2D eigenvalue weighted by atomic mass is 35.5. The Balaban J connectivity index is 2.16.